The normalized spacial score (nSPS) is 10.7. The van der Waals surface area contributed by atoms with Crippen molar-refractivity contribution < 1.29 is 9.53 Å². The maximum absolute atomic E-state index is 12.2. The molecule has 22 heavy (non-hydrogen) atoms. The molecule has 1 amide bonds. The Morgan fingerprint density at radius 3 is 2.86 bits per heavy atom. The van der Waals surface area contributed by atoms with Crippen molar-refractivity contribution in [1.29, 1.82) is 0 Å². The summed E-state index contributed by atoms with van der Waals surface area (Å²) in [4.78, 5) is 18.0. The Hall–Kier alpha value is -2.14. The van der Waals surface area contributed by atoms with Crippen LogP contribution in [0.3, 0.4) is 0 Å². The van der Waals surface area contributed by atoms with E-state index in [2.05, 4.69) is 20.9 Å². The second-order valence-corrected chi connectivity index (χ2v) is 5.65. The number of pyridine rings is 1. The van der Waals surface area contributed by atoms with Crippen LogP contribution in [0.4, 0.5) is 0 Å². The molecular weight excluding hydrogens is 344 g/mol. The molecule has 0 atom stereocenters. The Balaban J connectivity index is 2.06. The summed E-state index contributed by atoms with van der Waals surface area (Å²) in [6, 6.07) is 11.3. The monoisotopic (exact) mass is 360 g/mol. The van der Waals surface area contributed by atoms with Gasteiger partial charge < -0.3 is 9.64 Å². The maximum atomic E-state index is 12.2. The Bertz CT molecular complexity index is 672. The van der Waals surface area contributed by atoms with Gasteiger partial charge in [-0.25, -0.2) is 0 Å². The summed E-state index contributed by atoms with van der Waals surface area (Å²) in [7, 11) is 3.36. The molecule has 0 aliphatic heterocycles. The number of rotatable bonds is 5. The van der Waals surface area contributed by atoms with Crippen LogP contribution in [0.15, 0.2) is 53.1 Å². The third kappa shape index (κ3) is 4.43. The van der Waals surface area contributed by atoms with E-state index < -0.39 is 0 Å². The van der Waals surface area contributed by atoms with Gasteiger partial charge in [0.1, 0.15) is 5.75 Å². The summed E-state index contributed by atoms with van der Waals surface area (Å²) in [5.74, 6) is 0.632. The van der Waals surface area contributed by atoms with Crippen LogP contribution in [0.2, 0.25) is 0 Å². The Kier molecular flexibility index (Phi) is 5.72. The van der Waals surface area contributed by atoms with E-state index in [-0.39, 0.29) is 5.91 Å². The Labute approximate surface area is 138 Å². The fourth-order valence-electron chi connectivity index (χ4n) is 1.94. The standard InChI is InChI=1S/C17H17BrN2O2/c1-20(12-15-5-3-4-10-19-15)17(21)9-6-13-11-14(18)7-8-16(13)22-2/h3-11H,12H2,1-2H3/b9-6+. The number of likely N-dealkylation sites (N-methyl/N-ethyl adjacent to an activating group) is 1. The number of amides is 1. The van der Waals surface area contributed by atoms with Crippen molar-refractivity contribution in [1.82, 2.24) is 9.88 Å². The van der Waals surface area contributed by atoms with E-state index in [4.69, 9.17) is 4.74 Å². The average Bonchev–Trinajstić information content (AvgIpc) is 2.53. The van der Waals surface area contributed by atoms with Gasteiger partial charge in [0.05, 0.1) is 19.3 Å². The fourth-order valence-corrected chi connectivity index (χ4v) is 2.32. The Morgan fingerprint density at radius 1 is 1.36 bits per heavy atom. The van der Waals surface area contributed by atoms with Gasteiger partial charge in [0, 0.05) is 29.4 Å². The highest BCUT2D eigenvalue weighted by atomic mass is 79.9. The van der Waals surface area contributed by atoms with Gasteiger partial charge in [-0.1, -0.05) is 22.0 Å². The third-order valence-electron chi connectivity index (χ3n) is 3.10. The topological polar surface area (TPSA) is 42.4 Å². The summed E-state index contributed by atoms with van der Waals surface area (Å²) >= 11 is 3.41. The highest BCUT2D eigenvalue weighted by Crippen LogP contribution is 2.24. The van der Waals surface area contributed by atoms with Gasteiger partial charge >= 0.3 is 0 Å². The highest BCUT2D eigenvalue weighted by molar-refractivity contribution is 9.10. The lowest BCUT2D eigenvalue weighted by atomic mass is 10.2. The molecule has 0 fully saturated rings. The molecule has 0 aliphatic rings. The van der Waals surface area contributed by atoms with Crippen LogP contribution >= 0.6 is 15.9 Å². The molecule has 0 bridgehead atoms. The second-order valence-electron chi connectivity index (χ2n) is 4.73. The van der Waals surface area contributed by atoms with Gasteiger partial charge in [-0.3, -0.25) is 9.78 Å². The smallest absolute Gasteiger partial charge is 0.246 e. The number of methoxy groups -OCH3 is 1. The molecular formula is C17H17BrN2O2. The predicted molar refractivity (Wildman–Crippen MR) is 90.4 cm³/mol. The molecule has 0 spiro atoms. The van der Waals surface area contributed by atoms with Gasteiger partial charge in [0.2, 0.25) is 5.91 Å². The quantitative estimate of drug-likeness (QED) is 0.766. The molecule has 0 unspecified atom stereocenters. The van der Waals surface area contributed by atoms with Crippen LogP contribution in [0.5, 0.6) is 5.75 Å². The number of hydrogen-bond donors (Lipinski definition) is 0. The molecule has 0 N–H and O–H groups in total. The van der Waals surface area contributed by atoms with Gasteiger partial charge in [0.25, 0.3) is 0 Å². The zero-order valence-corrected chi connectivity index (χ0v) is 14.1. The molecule has 0 saturated heterocycles. The predicted octanol–water partition coefficient (Wildman–Crippen LogP) is 3.52. The van der Waals surface area contributed by atoms with Crippen LogP contribution in [0.25, 0.3) is 6.08 Å². The molecule has 0 aliphatic carbocycles. The van der Waals surface area contributed by atoms with Crippen LogP contribution < -0.4 is 4.74 Å². The van der Waals surface area contributed by atoms with E-state index in [1.165, 1.54) is 6.08 Å². The maximum Gasteiger partial charge on any atom is 0.246 e. The van der Waals surface area contributed by atoms with E-state index in [0.29, 0.717) is 6.54 Å². The van der Waals surface area contributed by atoms with Crippen molar-refractivity contribution in [2.45, 2.75) is 6.54 Å². The molecule has 5 heteroatoms. The minimum atomic E-state index is -0.0901. The molecule has 1 aromatic heterocycles. The van der Waals surface area contributed by atoms with Crippen molar-refractivity contribution in [3.63, 3.8) is 0 Å². The van der Waals surface area contributed by atoms with Crippen molar-refractivity contribution in [2.75, 3.05) is 14.2 Å². The summed E-state index contributed by atoms with van der Waals surface area (Å²) in [5.41, 5.74) is 1.70. The number of ether oxygens (including phenoxy) is 1. The first-order chi connectivity index (χ1) is 10.6. The van der Waals surface area contributed by atoms with Crippen LogP contribution in [0, 0.1) is 0 Å². The summed E-state index contributed by atoms with van der Waals surface area (Å²) < 4.78 is 6.21. The summed E-state index contributed by atoms with van der Waals surface area (Å²) in [6.07, 6.45) is 5.00. The molecule has 1 aromatic carbocycles. The van der Waals surface area contributed by atoms with Gasteiger partial charge in [-0.15, -0.1) is 0 Å². The first kappa shape index (κ1) is 16.2. The number of hydrogen-bond acceptors (Lipinski definition) is 3. The number of nitrogens with zero attached hydrogens (tertiary/aromatic N) is 2. The molecule has 0 radical (unpaired) electrons. The van der Waals surface area contributed by atoms with Crippen LogP contribution in [0.1, 0.15) is 11.3 Å². The third-order valence-corrected chi connectivity index (χ3v) is 3.59. The SMILES string of the molecule is COc1ccc(Br)cc1/C=C/C(=O)N(C)Cc1ccccn1. The van der Waals surface area contributed by atoms with Gasteiger partial charge in [0.15, 0.2) is 0 Å². The van der Waals surface area contributed by atoms with Crippen molar-refractivity contribution in [3.8, 4) is 5.75 Å². The molecule has 4 nitrogen and oxygen atoms in total. The van der Waals surface area contributed by atoms with Crippen LogP contribution in [-0.4, -0.2) is 29.9 Å². The first-order valence-corrected chi connectivity index (χ1v) is 7.56. The van der Waals surface area contributed by atoms with E-state index in [0.717, 1.165) is 21.5 Å². The number of aromatic nitrogens is 1. The van der Waals surface area contributed by atoms with Gasteiger partial charge in [-0.2, -0.15) is 0 Å². The Morgan fingerprint density at radius 2 is 2.18 bits per heavy atom. The number of carbonyl (C=O) groups is 1. The number of halogens is 1. The van der Waals surface area contributed by atoms with Crippen molar-refractivity contribution in [2.24, 2.45) is 0 Å². The molecule has 2 aromatic rings. The van der Waals surface area contributed by atoms with Crippen molar-refractivity contribution in [3.05, 3.63) is 64.4 Å². The van der Waals surface area contributed by atoms with Crippen molar-refractivity contribution >= 4 is 27.9 Å². The minimum absolute atomic E-state index is 0.0901. The zero-order valence-electron chi connectivity index (χ0n) is 12.5. The highest BCUT2D eigenvalue weighted by Gasteiger charge is 2.07. The fraction of sp³-hybridized carbons (Fsp3) is 0.176. The largest absolute Gasteiger partial charge is 0.496 e. The molecule has 2 rings (SSSR count). The molecule has 114 valence electrons. The van der Waals surface area contributed by atoms with E-state index >= 15 is 0 Å². The summed E-state index contributed by atoms with van der Waals surface area (Å²) in [5, 5.41) is 0. The molecule has 1 heterocycles. The number of carbonyl (C=O) groups excluding carboxylic acids is 1. The summed E-state index contributed by atoms with van der Waals surface area (Å²) in [6.45, 7) is 0.472. The first-order valence-electron chi connectivity index (χ1n) is 6.77. The van der Waals surface area contributed by atoms with E-state index in [1.54, 1.807) is 31.3 Å². The van der Waals surface area contributed by atoms with E-state index in [1.807, 2.05) is 36.4 Å². The number of benzene rings is 1. The van der Waals surface area contributed by atoms with Gasteiger partial charge in [-0.05, 0) is 36.4 Å². The minimum Gasteiger partial charge on any atom is -0.496 e. The van der Waals surface area contributed by atoms with E-state index in [9.17, 15) is 4.79 Å². The van der Waals surface area contributed by atoms with Crippen LogP contribution in [-0.2, 0) is 11.3 Å². The average molecular weight is 361 g/mol. The molecule has 0 saturated carbocycles. The lowest BCUT2D eigenvalue weighted by Gasteiger charge is -2.14. The second kappa shape index (κ2) is 7.75. The lowest BCUT2D eigenvalue weighted by Crippen LogP contribution is -2.24. The lowest BCUT2D eigenvalue weighted by molar-refractivity contribution is -0.125. The zero-order chi connectivity index (χ0) is 15.9.